The minimum Gasteiger partial charge on any atom is -0.463 e. The van der Waals surface area contributed by atoms with Crippen molar-refractivity contribution in [2.75, 3.05) is 26.2 Å². The lowest BCUT2D eigenvalue weighted by atomic mass is 9.64. The van der Waals surface area contributed by atoms with Gasteiger partial charge in [0.2, 0.25) is 6.79 Å². The molecule has 4 aliphatic heterocycles. The van der Waals surface area contributed by atoms with Crippen molar-refractivity contribution in [1.29, 1.82) is 5.26 Å². The second-order valence-electron chi connectivity index (χ2n) is 15.9. The molecule has 3 aromatic rings. The number of thioether (sulfide) groups is 1. The van der Waals surface area contributed by atoms with Crippen LogP contribution in [0, 0.1) is 38.0 Å². The van der Waals surface area contributed by atoms with Crippen LogP contribution >= 0.6 is 11.8 Å². The average Bonchev–Trinajstić information content (AvgIpc) is 3.78. The Hall–Kier alpha value is -4.40. The summed E-state index contributed by atoms with van der Waals surface area (Å²) in [6.07, 6.45) is 0.741. The van der Waals surface area contributed by atoms with Gasteiger partial charge in [0.1, 0.15) is 12.6 Å². The predicted molar refractivity (Wildman–Crippen MR) is 205 cm³/mol. The quantitative estimate of drug-likeness (QED) is 0.286. The molecule has 3 fully saturated rings. The third kappa shape index (κ3) is 4.94. The lowest BCUT2D eigenvalue weighted by Gasteiger charge is -2.62. The van der Waals surface area contributed by atoms with Gasteiger partial charge in [0.05, 0.1) is 29.3 Å². The van der Waals surface area contributed by atoms with Crippen LogP contribution in [0.1, 0.15) is 70.5 Å². The molecule has 2 bridgehead atoms. The summed E-state index contributed by atoms with van der Waals surface area (Å²) < 4.78 is 18.1. The number of nitrogens with zero attached hydrogens (tertiary/aromatic N) is 3. The number of carbonyl (C=O) groups is 2. The number of ether oxygens (including phenoxy) is 3. The fourth-order valence-electron chi connectivity index (χ4n) is 10.3. The molecule has 7 atom stereocenters. The fourth-order valence-corrected chi connectivity index (χ4v) is 11.7. The maximum absolute atomic E-state index is 14.3. The second kappa shape index (κ2) is 12.8. The summed E-state index contributed by atoms with van der Waals surface area (Å²) >= 11 is 1.73. The third-order valence-corrected chi connectivity index (χ3v) is 14.7. The van der Waals surface area contributed by atoms with E-state index in [1.807, 2.05) is 6.92 Å². The van der Waals surface area contributed by atoms with Crippen LogP contribution in [0.25, 0.3) is 11.1 Å². The number of carbonyl (C=O) groups excluding carboxylic acids is 2. The standard InChI is InChI=1S/C44H45N3O6S/c1-22-15-27-16-32-34(18-45)47-33(38(46(32)6)36(27)25(4)24(22)3)17-44(50)37(40-39(52-21-53-40)26(5)42(44)48)35(47)19-51-43(49)23(2)20-54-41-30-13-9-7-11-28(30)29-12-8-10-14-31(29)41/h7-15,23,32-35,38,41,50H,16-17,19-21H2,1-6H3/t23?,32-,33?,34-,35-,38-,44+/m0/s1. The minimum atomic E-state index is -1.93. The molecule has 9 rings (SSSR count). The molecule has 0 aromatic heterocycles. The second-order valence-corrected chi connectivity index (χ2v) is 17.1. The summed E-state index contributed by atoms with van der Waals surface area (Å²) in [4.78, 5) is 32.7. The van der Waals surface area contributed by atoms with E-state index in [2.05, 4.69) is 98.3 Å². The molecular weight excluding hydrogens is 699 g/mol. The third-order valence-electron chi connectivity index (χ3n) is 13.2. The first-order chi connectivity index (χ1) is 26.0. The van der Waals surface area contributed by atoms with Crippen molar-refractivity contribution in [3.05, 3.63) is 116 Å². The van der Waals surface area contributed by atoms with Crippen molar-refractivity contribution >= 4 is 23.5 Å². The van der Waals surface area contributed by atoms with Gasteiger partial charge in [-0.1, -0.05) is 61.5 Å². The molecule has 0 saturated carbocycles. The molecule has 10 heteroatoms. The summed E-state index contributed by atoms with van der Waals surface area (Å²) in [5, 5.41) is 23.8. The number of piperidine rings is 1. The molecule has 3 saturated heterocycles. The number of benzene rings is 3. The smallest absolute Gasteiger partial charge is 0.309 e. The minimum absolute atomic E-state index is 0.0617. The monoisotopic (exact) mass is 743 g/mol. The molecule has 2 aliphatic carbocycles. The Morgan fingerprint density at radius 1 is 1.04 bits per heavy atom. The Bertz CT molecular complexity index is 2200. The van der Waals surface area contributed by atoms with Crippen molar-refractivity contribution in [3.8, 4) is 17.2 Å². The van der Waals surface area contributed by atoms with Crippen molar-refractivity contribution in [1.82, 2.24) is 9.80 Å². The number of fused-ring (bicyclic) bond motifs is 11. The molecular formula is C44H45N3O6S. The van der Waals surface area contributed by atoms with E-state index in [4.69, 9.17) is 14.2 Å². The van der Waals surface area contributed by atoms with Gasteiger partial charge < -0.3 is 19.3 Å². The van der Waals surface area contributed by atoms with E-state index in [0.717, 1.165) is 0 Å². The van der Waals surface area contributed by atoms with E-state index in [1.165, 1.54) is 50.1 Å². The Kier molecular flexibility index (Phi) is 8.40. The first-order valence-electron chi connectivity index (χ1n) is 18.9. The van der Waals surface area contributed by atoms with Crippen molar-refractivity contribution in [2.24, 2.45) is 5.92 Å². The summed E-state index contributed by atoms with van der Waals surface area (Å²) in [7, 11) is 2.06. The molecule has 2 unspecified atom stereocenters. The Balaban J connectivity index is 1.06. The average molecular weight is 744 g/mol. The SMILES string of the molecule is CC1=C2OCOC2=C2[C@H](COC(=O)C(C)CSC3c4ccccc4-c4ccccc43)N3C(C[C@]2(O)C1=O)[C@H]1c2c(cc(C)c(C)c2C)C[C@@H]([C@@H]3C#N)N1C. The van der Waals surface area contributed by atoms with Gasteiger partial charge in [-0.05, 0) is 91.2 Å². The van der Waals surface area contributed by atoms with Crippen LogP contribution in [0.15, 0.2) is 77.3 Å². The van der Waals surface area contributed by atoms with Gasteiger partial charge in [0, 0.05) is 35.4 Å². The number of rotatable bonds is 6. The van der Waals surface area contributed by atoms with Crippen LogP contribution in [0.4, 0.5) is 0 Å². The molecule has 9 nitrogen and oxygen atoms in total. The Labute approximate surface area is 320 Å². The highest BCUT2D eigenvalue weighted by molar-refractivity contribution is 7.99. The summed E-state index contributed by atoms with van der Waals surface area (Å²) in [6, 6.07) is 19.5. The number of aliphatic hydroxyl groups is 1. The van der Waals surface area contributed by atoms with E-state index < -0.39 is 35.4 Å². The number of hydrogen-bond acceptors (Lipinski definition) is 10. The van der Waals surface area contributed by atoms with Crippen LogP contribution in [0.5, 0.6) is 0 Å². The van der Waals surface area contributed by atoms with Crippen molar-refractivity contribution < 1.29 is 28.9 Å². The maximum Gasteiger partial charge on any atom is 0.309 e. The number of ketones is 1. The lowest BCUT2D eigenvalue weighted by molar-refractivity contribution is -0.160. The number of piperazine rings is 1. The first kappa shape index (κ1) is 35.3. The van der Waals surface area contributed by atoms with E-state index >= 15 is 0 Å². The zero-order valence-electron chi connectivity index (χ0n) is 31.5. The number of aryl methyl sites for hydroxylation is 1. The van der Waals surface area contributed by atoms with Crippen LogP contribution in [-0.2, 0) is 30.2 Å². The van der Waals surface area contributed by atoms with Gasteiger partial charge in [-0.25, -0.2) is 0 Å². The van der Waals surface area contributed by atoms with Crippen LogP contribution in [0.2, 0.25) is 0 Å². The fraction of sp³-hybridized carbons (Fsp3) is 0.432. The number of Topliss-reactive ketones (excluding diaryl/α,β-unsaturated/α-hetero) is 1. The van der Waals surface area contributed by atoms with Crippen LogP contribution in [-0.4, -0.2) is 82.6 Å². The summed E-state index contributed by atoms with van der Waals surface area (Å²) in [5.41, 5.74) is 9.66. The van der Waals surface area contributed by atoms with E-state index in [0.29, 0.717) is 34.8 Å². The molecule has 4 heterocycles. The highest BCUT2D eigenvalue weighted by Gasteiger charge is 2.64. The number of nitriles is 1. The topological polar surface area (TPSA) is 112 Å². The Morgan fingerprint density at radius 3 is 2.39 bits per heavy atom. The van der Waals surface area contributed by atoms with Gasteiger partial charge in [0.15, 0.2) is 22.9 Å². The van der Waals surface area contributed by atoms with Crippen molar-refractivity contribution in [3.63, 3.8) is 0 Å². The highest BCUT2D eigenvalue weighted by Crippen LogP contribution is 2.55. The zero-order chi connectivity index (χ0) is 37.8. The molecule has 278 valence electrons. The number of likely N-dealkylation sites (N-methyl/N-ethyl adjacent to an activating group) is 1. The van der Waals surface area contributed by atoms with Crippen LogP contribution in [0.3, 0.4) is 0 Å². The summed E-state index contributed by atoms with van der Waals surface area (Å²) in [6.45, 7) is 9.72. The number of hydrogen-bond donors (Lipinski definition) is 1. The largest absolute Gasteiger partial charge is 0.463 e. The van der Waals surface area contributed by atoms with Crippen LogP contribution < -0.4 is 0 Å². The normalized spacial score (nSPS) is 28.9. The van der Waals surface area contributed by atoms with E-state index in [9.17, 15) is 20.0 Å². The van der Waals surface area contributed by atoms with Crippen molar-refractivity contribution in [2.45, 2.75) is 88.5 Å². The maximum atomic E-state index is 14.3. The zero-order valence-corrected chi connectivity index (χ0v) is 32.3. The van der Waals surface area contributed by atoms with Gasteiger partial charge in [-0.3, -0.25) is 19.4 Å². The molecule has 3 aromatic carbocycles. The molecule has 6 aliphatic rings. The van der Waals surface area contributed by atoms with Gasteiger partial charge in [0.25, 0.3) is 0 Å². The van der Waals surface area contributed by atoms with Gasteiger partial charge in [-0.15, -0.1) is 11.8 Å². The molecule has 54 heavy (non-hydrogen) atoms. The molecule has 0 amide bonds. The molecule has 0 spiro atoms. The predicted octanol–water partition coefficient (Wildman–Crippen LogP) is 6.39. The molecule has 0 radical (unpaired) electrons. The first-order valence-corrected chi connectivity index (χ1v) is 19.9. The van der Waals surface area contributed by atoms with E-state index in [-0.39, 0.29) is 43.1 Å². The van der Waals surface area contributed by atoms with E-state index in [1.54, 1.807) is 18.7 Å². The number of esters is 1. The van der Waals surface area contributed by atoms with Gasteiger partial charge in [-0.2, -0.15) is 5.26 Å². The molecule has 1 N–H and O–H groups in total. The lowest BCUT2D eigenvalue weighted by Crippen LogP contribution is -2.74. The summed E-state index contributed by atoms with van der Waals surface area (Å²) in [5.74, 6) is -0.0851. The highest BCUT2D eigenvalue weighted by atomic mass is 32.2. The Morgan fingerprint density at radius 2 is 1.70 bits per heavy atom. The van der Waals surface area contributed by atoms with Gasteiger partial charge >= 0.3 is 5.97 Å².